The molecule has 1 aliphatic rings. The van der Waals surface area contributed by atoms with E-state index in [0.29, 0.717) is 16.5 Å². The Balaban J connectivity index is 2.47. The number of hydrogen-bond donors (Lipinski definition) is 0. The van der Waals surface area contributed by atoms with E-state index in [4.69, 9.17) is 0 Å². The predicted molar refractivity (Wildman–Crippen MR) is 45.4 cm³/mol. The second kappa shape index (κ2) is 3.51. The zero-order valence-corrected chi connectivity index (χ0v) is 7.86. The van der Waals surface area contributed by atoms with Crippen LogP contribution in [-0.4, -0.2) is 10.6 Å². The Morgan fingerprint density at radius 3 is 2.40 bits per heavy atom. The van der Waals surface area contributed by atoms with Crippen molar-refractivity contribution >= 4 is 21.7 Å². The lowest BCUT2D eigenvalue weighted by atomic mass is 9.87. The van der Waals surface area contributed by atoms with Crippen LogP contribution in [-0.2, 0) is 4.79 Å². The first-order valence-corrected chi connectivity index (χ1v) is 4.78. The predicted octanol–water partition coefficient (Wildman–Crippen LogP) is 2.53. The molecule has 1 rings (SSSR count). The minimum atomic E-state index is 0.300. The smallest absolute Gasteiger partial charge is 0.134 e. The largest absolute Gasteiger partial charge is 0.300 e. The summed E-state index contributed by atoms with van der Waals surface area (Å²) in [5.41, 5.74) is 0. The molecular weight excluding hydrogens is 192 g/mol. The van der Waals surface area contributed by atoms with Crippen LogP contribution in [0.1, 0.15) is 32.6 Å². The summed E-state index contributed by atoms with van der Waals surface area (Å²) >= 11 is 3.53. The fourth-order valence-corrected chi connectivity index (χ4v) is 2.50. The maximum atomic E-state index is 11.0. The van der Waals surface area contributed by atoms with Crippen LogP contribution in [0.25, 0.3) is 0 Å². The van der Waals surface area contributed by atoms with E-state index in [9.17, 15) is 4.79 Å². The van der Waals surface area contributed by atoms with Gasteiger partial charge in [-0.15, -0.1) is 0 Å². The molecule has 2 unspecified atom stereocenters. The molecule has 10 heavy (non-hydrogen) atoms. The van der Waals surface area contributed by atoms with Crippen LogP contribution in [0.3, 0.4) is 0 Å². The van der Waals surface area contributed by atoms with Crippen molar-refractivity contribution in [2.75, 3.05) is 0 Å². The summed E-state index contributed by atoms with van der Waals surface area (Å²) in [5, 5.41) is 0. The van der Waals surface area contributed by atoms with E-state index >= 15 is 0 Å². The lowest BCUT2D eigenvalue weighted by Gasteiger charge is -2.24. The Kier molecular flexibility index (Phi) is 2.90. The van der Waals surface area contributed by atoms with Gasteiger partial charge in [-0.3, -0.25) is 4.79 Å². The molecule has 0 aromatic heterocycles. The number of halogens is 1. The summed E-state index contributed by atoms with van der Waals surface area (Å²) in [6.07, 6.45) is 4.77. The van der Waals surface area contributed by atoms with Crippen molar-refractivity contribution < 1.29 is 4.79 Å². The van der Waals surface area contributed by atoms with Gasteiger partial charge in [-0.05, 0) is 19.8 Å². The van der Waals surface area contributed by atoms with Crippen molar-refractivity contribution in [2.45, 2.75) is 37.4 Å². The van der Waals surface area contributed by atoms with Gasteiger partial charge in [0.15, 0.2) is 0 Å². The number of alkyl halides is 1. The van der Waals surface area contributed by atoms with Gasteiger partial charge in [0, 0.05) is 10.7 Å². The summed E-state index contributed by atoms with van der Waals surface area (Å²) in [4.78, 5) is 11.4. The summed E-state index contributed by atoms with van der Waals surface area (Å²) < 4.78 is 0. The summed E-state index contributed by atoms with van der Waals surface area (Å²) in [5.74, 6) is 0.648. The first-order valence-electron chi connectivity index (χ1n) is 3.86. The average molecular weight is 205 g/mol. The molecule has 0 aromatic carbocycles. The second-order valence-corrected chi connectivity index (χ2v) is 4.19. The van der Waals surface area contributed by atoms with Gasteiger partial charge >= 0.3 is 0 Å². The highest BCUT2D eigenvalue weighted by Gasteiger charge is 2.25. The third-order valence-corrected chi connectivity index (χ3v) is 3.30. The molecule has 1 saturated carbocycles. The molecule has 1 fully saturated rings. The highest BCUT2D eigenvalue weighted by molar-refractivity contribution is 9.09. The van der Waals surface area contributed by atoms with Gasteiger partial charge in [-0.2, -0.15) is 0 Å². The van der Waals surface area contributed by atoms with Gasteiger partial charge < -0.3 is 0 Å². The molecule has 0 amide bonds. The number of carbonyl (C=O) groups is 1. The third kappa shape index (κ3) is 1.82. The molecule has 0 radical (unpaired) electrons. The third-order valence-electron chi connectivity index (χ3n) is 2.20. The maximum Gasteiger partial charge on any atom is 0.134 e. The van der Waals surface area contributed by atoms with E-state index in [1.54, 1.807) is 6.92 Å². The summed E-state index contributed by atoms with van der Waals surface area (Å²) in [7, 11) is 0. The molecule has 0 bridgehead atoms. The molecule has 1 nitrogen and oxygen atoms in total. The van der Waals surface area contributed by atoms with E-state index < -0.39 is 0 Å². The van der Waals surface area contributed by atoms with Gasteiger partial charge in [-0.1, -0.05) is 28.8 Å². The highest BCUT2D eigenvalue weighted by atomic mass is 79.9. The van der Waals surface area contributed by atoms with E-state index in [1.807, 2.05) is 0 Å². The van der Waals surface area contributed by atoms with E-state index in [2.05, 4.69) is 15.9 Å². The maximum absolute atomic E-state index is 11.0. The molecule has 0 spiro atoms. The molecule has 58 valence electrons. The van der Waals surface area contributed by atoms with Crippen LogP contribution >= 0.6 is 15.9 Å². The van der Waals surface area contributed by atoms with Gasteiger partial charge in [0.05, 0.1) is 0 Å². The van der Waals surface area contributed by atoms with Crippen LogP contribution in [0.5, 0.6) is 0 Å². The zero-order chi connectivity index (χ0) is 7.56. The first-order chi connectivity index (χ1) is 4.72. The van der Waals surface area contributed by atoms with Crippen molar-refractivity contribution in [3.8, 4) is 0 Å². The minimum Gasteiger partial charge on any atom is -0.300 e. The van der Waals surface area contributed by atoms with Crippen LogP contribution < -0.4 is 0 Å². The Morgan fingerprint density at radius 2 is 2.00 bits per heavy atom. The van der Waals surface area contributed by atoms with Crippen molar-refractivity contribution in [2.24, 2.45) is 5.92 Å². The van der Waals surface area contributed by atoms with Gasteiger partial charge in [0.25, 0.3) is 0 Å². The quantitative estimate of drug-likeness (QED) is 0.601. The van der Waals surface area contributed by atoms with Gasteiger partial charge in [0.2, 0.25) is 0 Å². The highest BCUT2D eigenvalue weighted by Crippen LogP contribution is 2.30. The van der Waals surface area contributed by atoms with Crippen molar-refractivity contribution in [3.63, 3.8) is 0 Å². The fourth-order valence-electron chi connectivity index (χ4n) is 1.54. The Morgan fingerprint density at radius 1 is 1.40 bits per heavy atom. The lowest BCUT2D eigenvalue weighted by Crippen LogP contribution is -2.25. The van der Waals surface area contributed by atoms with Gasteiger partial charge in [0.1, 0.15) is 5.78 Å². The molecule has 1 aliphatic carbocycles. The standard InChI is InChI=1S/C8H13BrO/c1-6(10)7-4-2-3-5-8(7)9/h7-8H,2-5H2,1H3. The number of carbonyl (C=O) groups excluding carboxylic acids is 1. The van der Waals surface area contributed by atoms with Crippen molar-refractivity contribution in [1.82, 2.24) is 0 Å². The molecular formula is C8H13BrO. The first kappa shape index (κ1) is 8.25. The van der Waals surface area contributed by atoms with E-state index in [1.165, 1.54) is 19.3 Å². The molecule has 2 heteroatoms. The van der Waals surface area contributed by atoms with Crippen molar-refractivity contribution in [1.29, 1.82) is 0 Å². The Labute approximate surface area is 70.3 Å². The monoisotopic (exact) mass is 204 g/mol. The van der Waals surface area contributed by atoms with E-state index in [-0.39, 0.29) is 0 Å². The van der Waals surface area contributed by atoms with Crippen LogP contribution in [0.15, 0.2) is 0 Å². The Bertz CT molecular complexity index is 133. The number of rotatable bonds is 1. The number of ketones is 1. The molecule has 0 saturated heterocycles. The van der Waals surface area contributed by atoms with E-state index in [0.717, 1.165) is 6.42 Å². The molecule has 0 N–H and O–H groups in total. The second-order valence-electron chi connectivity index (χ2n) is 3.02. The molecule has 0 aliphatic heterocycles. The van der Waals surface area contributed by atoms with Gasteiger partial charge in [-0.25, -0.2) is 0 Å². The van der Waals surface area contributed by atoms with Crippen LogP contribution in [0.2, 0.25) is 0 Å². The topological polar surface area (TPSA) is 17.1 Å². The molecule has 0 heterocycles. The number of Topliss-reactive ketones (excluding diaryl/α,β-unsaturated/α-hetero) is 1. The summed E-state index contributed by atoms with van der Waals surface area (Å²) in [6.45, 7) is 1.70. The SMILES string of the molecule is CC(=O)C1CCCCC1Br. The normalized spacial score (nSPS) is 33.8. The fraction of sp³-hybridized carbons (Fsp3) is 0.875. The van der Waals surface area contributed by atoms with Crippen LogP contribution in [0.4, 0.5) is 0 Å². The zero-order valence-electron chi connectivity index (χ0n) is 6.27. The Hall–Kier alpha value is 0.150. The molecule has 0 aromatic rings. The summed E-state index contributed by atoms with van der Waals surface area (Å²) in [6, 6.07) is 0. The average Bonchev–Trinajstić information content (AvgIpc) is 1.88. The van der Waals surface area contributed by atoms with Crippen LogP contribution in [0, 0.1) is 5.92 Å². The van der Waals surface area contributed by atoms with Crippen molar-refractivity contribution in [3.05, 3.63) is 0 Å². The lowest BCUT2D eigenvalue weighted by molar-refractivity contribution is -0.121. The minimum absolute atomic E-state index is 0.300. The number of hydrogen-bond acceptors (Lipinski definition) is 1. The molecule has 2 atom stereocenters.